The Hall–Kier alpha value is -3.39. The summed E-state index contributed by atoms with van der Waals surface area (Å²) in [6.07, 6.45) is 0.605. The van der Waals surface area contributed by atoms with E-state index >= 15 is 0 Å². The number of benzene rings is 2. The van der Waals surface area contributed by atoms with Gasteiger partial charge >= 0.3 is 12.1 Å². The number of rotatable bonds is 12. The summed E-state index contributed by atoms with van der Waals surface area (Å²) < 4.78 is 10.6. The zero-order chi connectivity index (χ0) is 24.5. The highest BCUT2D eigenvalue weighted by Crippen LogP contribution is 2.44. The zero-order valence-corrected chi connectivity index (χ0v) is 19.6. The molecule has 0 heterocycles. The maximum Gasteiger partial charge on any atom is 0.407 e. The molecule has 3 N–H and O–H groups in total. The van der Waals surface area contributed by atoms with E-state index in [9.17, 15) is 14.4 Å². The minimum Gasteiger partial charge on any atom is -0.481 e. The van der Waals surface area contributed by atoms with Crippen molar-refractivity contribution in [1.82, 2.24) is 10.6 Å². The molecule has 3 rings (SSSR count). The maximum absolute atomic E-state index is 12.5. The van der Waals surface area contributed by atoms with Crippen LogP contribution >= 0.6 is 0 Å². The standard InChI is InChI=1S/C26H32N2O6/c1-17(11-12-24(29)30)13-14-27-25(31)23(16-33-2)28-26(32)34-15-22-20-9-5-3-7-18(20)19-8-4-6-10-21(19)22/h3-10,17,22-23H,11-16H2,1-2H3,(H,27,31)(H,28,32)(H,29,30)/t17?,23-/m0/s1. The Morgan fingerprint density at radius 3 is 2.21 bits per heavy atom. The molecule has 0 aromatic heterocycles. The summed E-state index contributed by atoms with van der Waals surface area (Å²) in [6, 6.07) is 15.2. The first-order chi connectivity index (χ1) is 16.4. The van der Waals surface area contributed by atoms with Crippen LogP contribution in [0.5, 0.6) is 0 Å². The molecule has 0 bridgehead atoms. The van der Waals surface area contributed by atoms with Crippen LogP contribution in [-0.2, 0) is 19.1 Å². The van der Waals surface area contributed by atoms with Crippen molar-refractivity contribution < 1.29 is 29.0 Å². The van der Waals surface area contributed by atoms with Crippen LogP contribution in [0.15, 0.2) is 48.5 Å². The Morgan fingerprint density at radius 2 is 1.62 bits per heavy atom. The summed E-state index contributed by atoms with van der Waals surface area (Å²) in [6.45, 7) is 2.48. The SMILES string of the molecule is COC[C@H](NC(=O)OCC1c2ccccc2-c2ccccc21)C(=O)NCCC(C)CCC(=O)O. The lowest BCUT2D eigenvalue weighted by Gasteiger charge is -2.19. The van der Waals surface area contributed by atoms with Gasteiger partial charge < -0.3 is 25.2 Å². The van der Waals surface area contributed by atoms with Gasteiger partial charge in [-0.05, 0) is 41.0 Å². The third-order valence-corrected chi connectivity index (χ3v) is 6.07. The third-order valence-electron chi connectivity index (χ3n) is 6.07. The van der Waals surface area contributed by atoms with Crippen molar-refractivity contribution in [1.29, 1.82) is 0 Å². The molecule has 8 heteroatoms. The highest BCUT2D eigenvalue weighted by molar-refractivity contribution is 5.86. The van der Waals surface area contributed by atoms with Crippen LogP contribution in [0, 0.1) is 5.92 Å². The van der Waals surface area contributed by atoms with E-state index < -0.39 is 18.1 Å². The zero-order valence-electron chi connectivity index (χ0n) is 19.6. The monoisotopic (exact) mass is 468 g/mol. The lowest BCUT2D eigenvalue weighted by Crippen LogP contribution is -2.49. The molecule has 2 atom stereocenters. The highest BCUT2D eigenvalue weighted by atomic mass is 16.5. The Morgan fingerprint density at radius 1 is 1.00 bits per heavy atom. The van der Waals surface area contributed by atoms with Crippen molar-refractivity contribution >= 4 is 18.0 Å². The number of aliphatic carboxylic acids is 1. The second kappa shape index (κ2) is 12.2. The lowest BCUT2D eigenvalue weighted by molar-refractivity contribution is -0.137. The van der Waals surface area contributed by atoms with Gasteiger partial charge in [0, 0.05) is 26.0 Å². The molecule has 8 nitrogen and oxygen atoms in total. The van der Waals surface area contributed by atoms with Gasteiger partial charge in [-0.25, -0.2) is 4.79 Å². The number of carbonyl (C=O) groups is 3. The van der Waals surface area contributed by atoms with E-state index in [0.29, 0.717) is 19.4 Å². The van der Waals surface area contributed by atoms with Crippen molar-refractivity contribution in [3.05, 3.63) is 59.7 Å². The normalized spacial score (nSPS) is 13.9. The third kappa shape index (κ3) is 6.57. The fourth-order valence-electron chi connectivity index (χ4n) is 4.21. The fraction of sp³-hybridized carbons (Fsp3) is 0.423. The van der Waals surface area contributed by atoms with Gasteiger partial charge in [0.1, 0.15) is 12.6 Å². The van der Waals surface area contributed by atoms with Crippen LogP contribution in [0.3, 0.4) is 0 Å². The number of carboxylic acids is 1. The van der Waals surface area contributed by atoms with Gasteiger partial charge in [0.05, 0.1) is 6.61 Å². The molecule has 2 aromatic rings. The average Bonchev–Trinajstić information content (AvgIpc) is 3.15. The van der Waals surface area contributed by atoms with Gasteiger partial charge in [-0.3, -0.25) is 9.59 Å². The molecule has 1 unspecified atom stereocenters. The van der Waals surface area contributed by atoms with E-state index in [1.807, 2.05) is 43.3 Å². The van der Waals surface area contributed by atoms with E-state index in [-0.39, 0.29) is 37.4 Å². The molecule has 2 amide bonds. The summed E-state index contributed by atoms with van der Waals surface area (Å²) in [7, 11) is 1.45. The van der Waals surface area contributed by atoms with Crippen molar-refractivity contribution in [2.75, 3.05) is 26.9 Å². The molecular weight excluding hydrogens is 436 g/mol. The topological polar surface area (TPSA) is 114 Å². The summed E-state index contributed by atoms with van der Waals surface area (Å²) in [5.74, 6) is -1.11. The van der Waals surface area contributed by atoms with Crippen molar-refractivity contribution in [3.63, 3.8) is 0 Å². The number of nitrogens with one attached hydrogen (secondary N) is 2. The van der Waals surface area contributed by atoms with E-state index in [0.717, 1.165) is 22.3 Å². The van der Waals surface area contributed by atoms with Crippen LogP contribution in [0.2, 0.25) is 0 Å². The van der Waals surface area contributed by atoms with Gasteiger partial charge in [0.2, 0.25) is 5.91 Å². The smallest absolute Gasteiger partial charge is 0.407 e. The van der Waals surface area contributed by atoms with Gasteiger partial charge in [0.15, 0.2) is 0 Å². The summed E-state index contributed by atoms with van der Waals surface area (Å²) in [5.41, 5.74) is 4.50. The van der Waals surface area contributed by atoms with E-state index in [2.05, 4.69) is 22.8 Å². The Balaban J connectivity index is 1.51. The first-order valence-corrected chi connectivity index (χ1v) is 11.5. The predicted octanol–water partition coefficient (Wildman–Crippen LogP) is 3.55. The first kappa shape index (κ1) is 25.2. The van der Waals surface area contributed by atoms with Gasteiger partial charge in [-0.15, -0.1) is 0 Å². The average molecular weight is 469 g/mol. The number of amides is 2. The molecule has 2 aromatic carbocycles. The minimum absolute atomic E-state index is 0.00456. The second-order valence-electron chi connectivity index (χ2n) is 8.60. The van der Waals surface area contributed by atoms with Crippen molar-refractivity contribution in [2.45, 2.75) is 38.1 Å². The predicted molar refractivity (Wildman–Crippen MR) is 128 cm³/mol. The van der Waals surface area contributed by atoms with Gasteiger partial charge in [-0.2, -0.15) is 0 Å². The molecule has 1 aliphatic carbocycles. The molecule has 1 aliphatic rings. The molecule has 182 valence electrons. The number of carbonyl (C=O) groups excluding carboxylic acids is 2. The molecule has 0 radical (unpaired) electrons. The lowest BCUT2D eigenvalue weighted by atomic mass is 9.98. The summed E-state index contributed by atoms with van der Waals surface area (Å²) in [5, 5.41) is 14.1. The number of fused-ring (bicyclic) bond motifs is 3. The maximum atomic E-state index is 12.5. The minimum atomic E-state index is -0.894. The van der Waals surface area contributed by atoms with Crippen molar-refractivity contribution in [2.24, 2.45) is 5.92 Å². The number of hydrogen-bond acceptors (Lipinski definition) is 5. The molecule has 0 spiro atoms. The molecular formula is C26H32N2O6. The summed E-state index contributed by atoms with van der Waals surface area (Å²) >= 11 is 0. The number of alkyl carbamates (subject to hydrolysis) is 1. The molecule has 0 saturated heterocycles. The Labute approximate surface area is 199 Å². The van der Waals surface area contributed by atoms with E-state index in [1.54, 1.807) is 0 Å². The molecule has 0 aliphatic heterocycles. The fourth-order valence-corrected chi connectivity index (χ4v) is 4.21. The molecule has 0 saturated carbocycles. The molecule has 34 heavy (non-hydrogen) atoms. The second-order valence-corrected chi connectivity index (χ2v) is 8.60. The van der Waals surface area contributed by atoms with E-state index in [4.69, 9.17) is 14.6 Å². The Kier molecular flexibility index (Phi) is 9.04. The largest absolute Gasteiger partial charge is 0.481 e. The highest BCUT2D eigenvalue weighted by Gasteiger charge is 2.29. The van der Waals surface area contributed by atoms with Gasteiger partial charge in [-0.1, -0.05) is 55.5 Å². The number of ether oxygens (including phenoxy) is 2. The number of methoxy groups -OCH3 is 1. The number of carboxylic acid groups (broad SMARTS) is 1. The van der Waals surface area contributed by atoms with Crippen LogP contribution in [0.25, 0.3) is 11.1 Å². The Bertz CT molecular complexity index is 963. The van der Waals surface area contributed by atoms with Crippen molar-refractivity contribution in [3.8, 4) is 11.1 Å². The van der Waals surface area contributed by atoms with Crippen LogP contribution < -0.4 is 10.6 Å². The quantitative estimate of drug-likeness (QED) is 0.439. The number of hydrogen-bond donors (Lipinski definition) is 3. The van der Waals surface area contributed by atoms with E-state index in [1.165, 1.54) is 7.11 Å². The van der Waals surface area contributed by atoms with Gasteiger partial charge in [0.25, 0.3) is 0 Å². The summed E-state index contributed by atoms with van der Waals surface area (Å²) in [4.78, 5) is 35.7. The van der Waals surface area contributed by atoms with Crippen LogP contribution in [0.1, 0.15) is 43.2 Å². The first-order valence-electron chi connectivity index (χ1n) is 11.5. The molecule has 0 fully saturated rings. The van der Waals surface area contributed by atoms with Crippen LogP contribution in [-0.4, -0.2) is 56.0 Å². The van der Waals surface area contributed by atoms with Crippen LogP contribution in [0.4, 0.5) is 4.79 Å².